The smallest absolute Gasteiger partial charge is 0.268 e. The molecule has 1 amide bonds. The van der Waals surface area contributed by atoms with Crippen molar-refractivity contribution in [3.63, 3.8) is 0 Å². The highest BCUT2D eigenvalue weighted by atomic mass is 35.5. The molecule has 1 aromatic rings. The summed E-state index contributed by atoms with van der Waals surface area (Å²) in [6.07, 6.45) is 2.19. The van der Waals surface area contributed by atoms with Crippen LogP contribution in [0.2, 0.25) is 5.02 Å². The first-order valence-corrected chi connectivity index (χ1v) is 6.65. The number of carbonyl (C=O) groups excluding carboxylic acids is 1. The topological polar surface area (TPSA) is 63.5 Å². The molecule has 1 atom stereocenters. The number of halogens is 1. The van der Waals surface area contributed by atoms with Crippen LogP contribution in [-0.4, -0.2) is 41.9 Å². The molecule has 0 spiro atoms. The molecular weight excluding hydrogens is 268 g/mol. The van der Waals surface area contributed by atoms with E-state index >= 15 is 0 Å². The van der Waals surface area contributed by atoms with Crippen molar-refractivity contribution >= 4 is 17.5 Å². The van der Waals surface area contributed by atoms with Crippen LogP contribution < -0.4 is 5.32 Å². The van der Waals surface area contributed by atoms with Crippen molar-refractivity contribution in [3.05, 3.63) is 23.0 Å². The van der Waals surface area contributed by atoms with E-state index in [1.54, 1.807) is 19.4 Å². The SMILES string of the molecule is COCC(CCO)NC(=O)c1cc(Cl)cn1C(C)C. The molecule has 0 fully saturated rings. The number of aliphatic hydroxyl groups is 1. The summed E-state index contributed by atoms with van der Waals surface area (Å²) in [6.45, 7) is 4.32. The van der Waals surface area contributed by atoms with Gasteiger partial charge in [0, 0.05) is 26.0 Å². The monoisotopic (exact) mass is 288 g/mol. The summed E-state index contributed by atoms with van der Waals surface area (Å²) in [4.78, 5) is 12.2. The zero-order valence-electron chi connectivity index (χ0n) is 11.5. The van der Waals surface area contributed by atoms with Crippen molar-refractivity contribution < 1.29 is 14.6 Å². The van der Waals surface area contributed by atoms with Gasteiger partial charge in [0.1, 0.15) is 5.69 Å². The van der Waals surface area contributed by atoms with Gasteiger partial charge in [-0.05, 0) is 26.3 Å². The van der Waals surface area contributed by atoms with E-state index in [2.05, 4.69) is 5.32 Å². The van der Waals surface area contributed by atoms with Crippen LogP contribution in [0.3, 0.4) is 0 Å². The Morgan fingerprint density at radius 1 is 1.58 bits per heavy atom. The Morgan fingerprint density at radius 3 is 2.79 bits per heavy atom. The minimum absolute atomic E-state index is 0.000253. The molecule has 6 heteroatoms. The fourth-order valence-corrected chi connectivity index (χ4v) is 2.08. The molecule has 19 heavy (non-hydrogen) atoms. The van der Waals surface area contributed by atoms with Gasteiger partial charge in [-0.1, -0.05) is 11.6 Å². The van der Waals surface area contributed by atoms with Crippen LogP contribution in [0.15, 0.2) is 12.3 Å². The molecule has 0 saturated heterocycles. The van der Waals surface area contributed by atoms with E-state index in [1.165, 1.54) is 0 Å². The number of carbonyl (C=O) groups is 1. The number of nitrogens with one attached hydrogen (secondary N) is 1. The molecule has 2 N–H and O–H groups in total. The standard InChI is InChI=1S/C13H21ClN2O3/c1-9(2)16-7-10(14)6-12(16)13(18)15-11(4-5-17)8-19-3/h6-7,9,11,17H,4-5,8H2,1-3H3,(H,15,18). The quantitative estimate of drug-likeness (QED) is 0.805. The average Bonchev–Trinajstić information content (AvgIpc) is 2.72. The summed E-state index contributed by atoms with van der Waals surface area (Å²) < 4.78 is 6.84. The third-order valence-corrected chi connectivity index (χ3v) is 2.99. The number of amides is 1. The predicted octanol–water partition coefficient (Wildman–Crippen LogP) is 1.85. The Bertz CT molecular complexity index is 412. The number of nitrogens with zero attached hydrogens (tertiary/aromatic N) is 1. The van der Waals surface area contributed by atoms with Crippen LogP contribution in [0, 0.1) is 0 Å². The number of hydrogen-bond acceptors (Lipinski definition) is 3. The predicted molar refractivity (Wildman–Crippen MR) is 74.7 cm³/mol. The molecule has 1 rings (SSSR count). The van der Waals surface area contributed by atoms with Gasteiger partial charge in [-0.2, -0.15) is 0 Å². The second kappa shape index (κ2) is 7.53. The van der Waals surface area contributed by atoms with Gasteiger partial charge >= 0.3 is 0 Å². The Hall–Kier alpha value is -1.04. The molecule has 1 heterocycles. The maximum atomic E-state index is 12.2. The lowest BCUT2D eigenvalue weighted by Crippen LogP contribution is -2.39. The van der Waals surface area contributed by atoms with Gasteiger partial charge in [0.25, 0.3) is 5.91 Å². The van der Waals surface area contributed by atoms with Gasteiger partial charge in [-0.15, -0.1) is 0 Å². The highest BCUT2D eigenvalue weighted by Crippen LogP contribution is 2.19. The molecule has 0 saturated carbocycles. The van der Waals surface area contributed by atoms with Crippen molar-refractivity contribution in [2.75, 3.05) is 20.3 Å². The molecule has 108 valence electrons. The molecule has 5 nitrogen and oxygen atoms in total. The molecule has 0 radical (unpaired) electrons. The number of hydrogen-bond donors (Lipinski definition) is 2. The van der Waals surface area contributed by atoms with E-state index in [-0.39, 0.29) is 24.6 Å². The molecule has 1 aromatic heterocycles. The van der Waals surface area contributed by atoms with Crippen LogP contribution in [0.5, 0.6) is 0 Å². The molecular formula is C13H21ClN2O3. The third kappa shape index (κ3) is 4.53. The first kappa shape index (κ1) is 16.0. The van der Waals surface area contributed by atoms with E-state index in [9.17, 15) is 4.79 Å². The normalized spacial score (nSPS) is 12.7. The van der Waals surface area contributed by atoms with E-state index in [0.29, 0.717) is 23.7 Å². The minimum atomic E-state index is -0.212. The number of rotatable bonds is 7. The summed E-state index contributed by atoms with van der Waals surface area (Å²) in [5.41, 5.74) is 0.513. The Kier molecular flexibility index (Phi) is 6.34. The highest BCUT2D eigenvalue weighted by molar-refractivity contribution is 6.31. The van der Waals surface area contributed by atoms with E-state index in [4.69, 9.17) is 21.4 Å². The fourth-order valence-electron chi connectivity index (χ4n) is 1.87. The number of aliphatic hydroxyl groups excluding tert-OH is 1. The molecule has 0 bridgehead atoms. The van der Waals surface area contributed by atoms with Crippen LogP contribution in [-0.2, 0) is 4.74 Å². The van der Waals surface area contributed by atoms with Crippen molar-refractivity contribution in [3.8, 4) is 0 Å². The van der Waals surface area contributed by atoms with Crippen molar-refractivity contribution in [1.82, 2.24) is 9.88 Å². The second-order valence-corrected chi connectivity index (χ2v) is 5.12. The lowest BCUT2D eigenvalue weighted by molar-refractivity contribution is 0.0868. The van der Waals surface area contributed by atoms with Gasteiger partial charge in [-0.3, -0.25) is 4.79 Å². The van der Waals surface area contributed by atoms with Crippen molar-refractivity contribution in [2.24, 2.45) is 0 Å². The molecule has 0 aromatic carbocycles. The maximum Gasteiger partial charge on any atom is 0.268 e. The van der Waals surface area contributed by atoms with E-state index < -0.39 is 0 Å². The minimum Gasteiger partial charge on any atom is -0.396 e. The summed E-state index contributed by atoms with van der Waals surface area (Å²) in [7, 11) is 1.56. The zero-order chi connectivity index (χ0) is 14.4. The molecule has 1 unspecified atom stereocenters. The Labute approximate surface area is 118 Å². The molecule has 0 aliphatic rings. The highest BCUT2D eigenvalue weighted by Gasteiger charge is 2.18. The van der Waals surface area contributed by atoms with Crippen LogP contribution in [0.4, 0.5) is 0 Å². The van der Waals surface area contributed by atoms with E-state index in [1.807, 2.05) is 18.4 Å². The first-order chi connectivity index (χ1) is 8.99. The van der Waals surface area contributed by atoms with Crippen LogP contribution in [0.25, 0.3) is 0 Å². The zero-order valence-corrected chi connectivity index (χ0v) is 12.3. The van der Waals surface area contributed by atoms with Gasteiger partial charge in [0.2, 0.25) is 0 Å². The Balaban J connectivity index is 2.81. The van der Waals surface area contributed by atoms with Crippen LogP contribution >= 0.6 is 11.6 Å². The van der Waals surface area contributed by atoms with Crippen molar-refractivity contribution in [2.45, 2.75) is 32.4 Å². The van der Waals surface area contributed by atoms with Crippen LogP contribution in [0.1, 0.15) is 36.8 Å². The number of aromatic nitrogens is 1. The number of methoxy groups -OCH3 is 1. The average molecular weight is 289 g/mol. The fraction of sp³-hybridized carbons (Fsp3) is 0.615. The Morgan fingerprint density at radius 2 is 2.26 bits per heavy atom. The lowest BCUT2D eigenvalue weighted by atomic mass is 10.2. The lowest BCUT2D eigenvalue weighted by Gasteiger charge is -2.18. The van der Waals surface area contributed by atoms with E-state index in [0.717, 1.165) is 0 Å². The second-order valence-electron chi connectivity index (χ2n) is 4.68. The summed E-state index contributed by atoms with van der Waals surface area (Å²) in [5.74, 6) is -0.212. The number of ether oxygens (including phenoxy) is 1. The van der Waals surface area contributed by atoms with Gasteiger partial charge in [0.15, 0.2) is 0 Å². The summed E-state index contributed by atoms with van der Waals surface area (Å²) in [5, 5.41) is 12.3. The largest absolute Gasteiger partial charge is 0.396 e. The van der Waals surface area contributed by atoms with Gasteiger partial charge in [-0.25, -0.2) is 0 Å². The van der Waals surface area contributed by atoms with Gasteiger partial charge in [0.05, 0.1) is 17.7 Å². The van der Waals surface area contributed by atoms with Gasteiger partial charge < -0.3 is 19.7 Å². The first-order valence-electron chi connectivity index (χ1n) is 6.27. The molecule has 0 aliphatic heterocycles. The van der Waals surface area contributed by atoms with Crippen molar-refractivity contribution in [1.29, 1.82) is 0 Å². The maximum absolute atomic E-state index is 12.2. The summed E-state index contributed by atoms with van der Waals surface area (Å²) >= 11 is 5.95. The molecule has 0 aliphatic carbocycles. The summed E-state index contributed by atoms with van der Waals surface area (Å²) in [6, 6.07) is 1.57. The third-order valence-electron chi connectivity index (χ3n) is 2.78.